The van der Waals surface area contributed by atoms with Crippen molar-refractivity contribution in [3.8, 4) is 0 Å². The molecule has 2 amide bonds. The van der Waals surface area contributed by atoms with Gasteiger partial charge in [0.05, 0.1) is 0 Å². The number of benzene rings is 2. The molecule has 0 radical (unpaired) electrons. The van der Waals surface area contributed by atoms with Gasteiger partial charge in [-0.1, -0.05) is 55.5 Å². The molecule has 0 aromatic heterocycles. The van der Waals surface area contributed by atoms with Gasteiger partial charge in [0.1, 0.15) is 6.04 Å². The van der Waals surface area contributed by atoms with E-state index in [1.54, 1.807) is 4.90 Å². The standard InChI is InChI=1S/C21H24N2O2/c1-3-15(2)22-20(24)19-17-11-7-8-12-18(17)21(25)23(19)14-13-16-9-5-4-6-10-16/h4-12,15,19H,3,13-14H2,1-2H3,(H,22,24). The molecule has 0 fully saturated rings. The lowest BCUT2D eigenvalue weighted by molar-refractivity contribution is -0.126. The van der Waals surface area contributed by atoms with Gasteiger partial charge in [-0.3, -0.25) is 9.59 Å². The minimum absolute atomic E-state index is 0.0594. The third-order valence-corrected chi connectivity index (χ3v) is 4.79. The van der Waals surface area contributed by atoms with Crippen molar-refractivity contribution in [2.75, 3.05) is 6.54 Å². The molecule has 1 aliphatic rings. The molecule has 4 nitrogen and oxygen atoms in total. The van der Waals surface area contributed by atoms with Gasteiger partial charge < -0.3 is 10.2 Å². The number of carbonyl (C=O) groups excluding carboxylic acids is 2. The van der Waals surface area contributed by atoms with Gasteiger partial charge in [0.15, 0.2) is 0 Å². The first-order valence-electron chi connectivity index (χ1n) is 8.86. The smallest absolute Gasteiger partial charge is 0.255 e. The van der Waals surface area contributed by atoms with Crippen molar-refractivity contribution in [2.24, 2.45) is 0 Å². The summed E-state index contributed by atoms with van der Waals surface area (Å²) in [7, 11) is 0. The summed E-state index contributed by atoms with van der Waals surface area (Å²) < 4.78 is 0. The van der Waals surface area contributed by atoms with Gasteiger partial charge in [0.2, 0.25) is 5.91 Å². The van der Waals surface area contributed by atoms with Crippen LogP contribution in [-0.4, -0.2) is 29.3 Å². The van der Waals surface area contributed by atoms with Crippen molar-refractivity contribution < 1.29 is 9.59 Å². The monoisotopic (exact) mass is 336 g/mol. The Morgan fingerprint density at radius 1 is 1.12 bits per heavy atom. The van der Waals surface area contributed by atoms with E-state index < -0.39 is 6.04 Å². The quantitative estimate of drug-likeness (QED) is 0.879. The maximum atomic E-state index is 12.8. The second-order valence-corrected chi connectivity index (χ2v) is 6.54. The molecule has 0 saturated heterocycles. The zero-order chi connectivity index (χ0) is 17.8. The highest BCUT2D eigenvalue weighted by molar-refractivity contribution is 6.04. The summed E-state index contributed by atoms with van der Waals surface area (Å²) in [6, 6.07) is 17.0. The van der Waals surface area contributed by atoms with Gasteiger partial charge in [-0.2, -0.15) is 0 Å². The Morgan fingerprint density at radius 2 is 1.80 bits per heavy atom. The van der Waals surface area contributed by atoms with Crippen molar-refractivity contribution in [1.29, 1.82) is 0 Å². The van der Waals surface area contributed by atoms with Gasteiger partial charge in [-0.05, 0) is 37.0 Å². The maximum absolute atomic E-state index is 12.8. The molecule has 1 aliphatic heterocycles. The van der Waals surface area contributed by atoms with Crippen LogP contribution in [0.4, 0.5) is 0 Å². The lowest BCUT2D eigenvalue weighted by Gasteiger charge is -2.26. The minimum atomic E-state index is -0.540. The second-order valence-electron chi connectivity index (χ2n) is 6.54. The van der Waals surface area contributed by atoms with Crippen LogP contribution < -0.4 is 5.32 Å². The number of hydrogen-bond donors (Lipinski definition) is 1. The van der Waals surface area contributed by atoms with Crippen LogP contribution in [0, 0.1) is 0 Å². The number of amides is 2. The van der Waals surface area contributed by atoms with Crippen molar-refractivity contribution in [3.63, 3.8) is 0 Å². The number of rotatable bonds is 6. The van der Waals surface area contributed by atoms with Crippen LogP contribution >= 0.6 is 0 Å². The van der Waals surface area contributed by atoms with Gasteiger partial charge in [0.25, 0.3) is 5.91 Å². The summed E-state index contributed by atoms with van der Waals surface area (Å²) in [5.41, 5.74) is 2.61. The van der Waals surface area contributed by atoms with Crippen molar-refractivity contribution in [3.05, 3.63) is 71.3 Å². The van der Waals surface area contributed by atoms with Gasteiger partial charge in [-0.15, -0.1) is 0 Å². The fourth-order valence-electron chi connectivity index (χ4n) is 3.20. The second kappa shape index (κ2) is 7.51. The van der Waals surface area contributed by atoms with E-state index in [9.17, 15) is 9.59 Å². The molecule has 2 aromatic rings. The van der Waals surface area contributed by atoms with Crippen LogP contribution in [-0.2, 0) is 11.2 Å². The van der Waals surface area contributed by atoms with Crippen LogP contribution in [0.3, 0.4) is 0 Å². The Labute approximate surface area is 148 Å². The highest BCUT2D eigenvalue weighted by Crippen LogP contribution is 2.33. The Kier molecular flexibility index (Phi) is 5.17. The average molecular weight is 336 g/mol. The average Bonchev–Trinajstić information content (AvgIpc) is 2.93. The van der Waals surface area contributed by atoms with Gasteiger partial charge >= 0.3 is 0 Å². The number of nitrogens with one attached hydrogen (secondary N) is 1. The van der Waals surface area contributed by atoms with Crippen molar-refractivity contribution >= 4 is 11.8 Å². The van der Waals surface area contributed by atoms with E-state index >= 15 is 0 Å². The Bertz CT molecular complexity index is 758. The molecular formula is C21H24N2O2. The molecule has 25 heavy (non-hydrogen) atoms. The predicted octanol–water partition coefficient (Wildman–Crippen LogP) is 3.34. The third-order valence-electron chi connectivity index (χ3n) is 4.79. The zero-order valence-corrected chi connectivity index (χ0v) is 14.7. The molecule has 130 valence electrons. The largest absolute Gasteiger partial charge is 0.352 e. The summed E-state index contributed by atoms with van der Waals surface area (Å²) in [6.45, 7) is 4.54. The molecule has 0 saturated carbocycles. The van der Waals surface area contributed by atoms with Crippen LogP contribution in [0.25, 0.3) is 0 Å². The van der Waals surface area contributed by atoms with Crippen LogP contribution in [0.2, 0.25) is 0 Å². The molecule has 4 heteroatoms. The first kappa shape index (κ1) is 17.2. The zero-order valence-electron chi connectivity index (χ0n) is 14.7. The van der Waals surface area contributed by atoms with Crippen molar-refractivity contribution in [1.82, 2.24) is 10.2 Å². The fraction of sp³-hybridized carbons (Fsp3) is 0.333. The van der Waals surface area contributed by atoms with Crippen molar-refractivity contribution in [2.45, 2.75) is 38.8 Å². The Morgan fingerprint density at radius 3 is 2.52 bits per heavy atom. The number of nitrogens with zero attached hydrogens (tertiary/aromatic N) is 1. The number of hydrogen-bond acceptors (Lipinski definition) is 2. The highest BCUT2D eigenvalue weighted by Gasteiger charge is 2.40. The van der Waals surface area contributed by atoms with E-state index in [-0.39, 0.29) is 17.9 Å². The first-order chi connectivity index (χ1) is 12.1. The maximum Gasteiger partial charge on any atom is 0.255 e. The summed E-state index contributed by atoms with van der Waals surface area (Å²) in [5.74, 6) is -0.156. The summed E-state index contributed by atoms with van der Waals surface area (Å²) >= 11 is 0. The minimum Gasteiger partial charge on any atom is -0.352 e. The molecule has 0 spiro atoms. The third kappa shape index (κ3) is 3.58. The van der Waals surface area contributed by atoms with E-state index in [1.807, 2.05) is 68.4 Å². The predicted molar refractivity (Wildman–Crippen MR) is 98.3 cm³/mol. The molecule has 1 N–H and O–H groups in total. The molecule has 2 unspecified atom stereocenters. The molecule has 2 aromatic carbocycles. The molecule has 0 aliphatic carbocycles. The molecule has 3 rings (SSSR count). The summed E-state index contributed by atoms with van der Waals surface area (Å²) in [6.07, 6.45) is 1.59. The molecule has 0 bridgehead atoms. The van der Waals surface area contributed by atoms with Gasteiger partial charge in [0, 0.05) is 18.2 Å². The van der Waals surface area contributed by atoms with E-state index in [0.29, 0.717) is 12.1 Å². The SMILES string of the molecule is CCC(C)NC(=O)C1c2ccccc2C(=O)N1CCc1ccccc1. The van der Waals surface area contributed by atoms with E-state index in [0.717, 1.165) is 24.0 Å². The van der Waals surface area contributed by atoms with E-state index in [4.69, 9.17) is 0 Å². The molecule has 1 heterocycles. The Balaban J connectivity index is 1.84. The normalized spacial score (nSPS) is 17.3. The van der Waals surface area contributed by atoms with Crippen LogP contribution in [0.15, 0.2) is 54.6 Å². The van der Waals surface area contributed by atoms with Crippen LogP contribution in [0.1, 0.15) is 47.8 Å². The Hall–Kier alpha value is -2.62. The van der Waals surface area contributed by atoms with Gasteiger partial charge in [-0.25, -0.2) is 0 Å². The lowest BCUT2D eigenvalue weighted by atomic mass is 10.0. The topological polar surface area (TPSA) is 49.4 Å². The highest BCUT2D eigenvalue weighted by atomic mass is 16.2. The van der Waals surface area contributed by atoms with Crippen LogP contribution in [0.5, 0.6) is 0 Å². The van der Waals surface area contributed by atoms with E-state index in [2.05, 4.69) is 5.32 Å². The fourth-order valence-corrected chi connectivity index (χ4v) is 3.20. The summed E-state index contributed by atoms with van der Waals surface area (Å²) in [5, 5.41) is 3.03. The lowest BCUT2D eigenvalue weighted by Crippen LogP contribution is -2.43. The molecular weight excluding hydrogens is 312 g/mol. The number of carbonyl (C=O) groups is 2. The number of fused-ring (bicyclic) bond motifs is 1. The summed E-state index contributed by atoms with van der Waals surface area (Å²) in [4.78, 5) is 27.4. The van der Waals surface area contributed by atoms with E-state index in [1.165, 1.54) is 0 Å². The molecule has 2 atom stereocenters. The first-order valence-corrected chi connectivity index (χ1v) is 8.86.